The Bertz CT molecular complexity index is 629. The SMILES string of the molecule is CCCCN(C)C(=O)C(=O)N(Cc1ccccc1)Cc1ccccc1. The van der Waals surface area contributed by atoms with Crippen LogP contribution >= 0.6 is 0 Å². The van der Waals surface area contributed by atoms with Gasteiger partial charge in [0.15, 0.2) is 0 Å². The van der Waals surface area contributed by atoms with E-state index in [0.29, 0.717) is 19.6 Å². The highest BCUT2D eigenvalue weighted by molar-refractivity contribution is 6.34. The number of hydrogen-bond acceptors (Lipinski definition) is 2. The number of carbonyl (C=O) groups is 2. The van der Waals surface area contributed by atoms with Crippen LogP contribution in [-0.2, 0) is 22.7 Å². The molecule has 0 heterocycles. The van der Waals surface area contributed by atoms with E-state index in [1.54, 1.807) is 11.9 Å². The van der Waals surface area contributed by atoms with E-state index in [9.17, 15) is 9.59 Å². The summed E-state index contributed by atoms with van der Waals surface area (Å²) < 4.78 is 0. The van der Waals surface area contributed by atoms with E-state index in [1.165, 1.54) is 4.90 Å². The maximum absolute atomic E-state index is 12.8. The molecule has 0 aliphatic heterocycles. The molecule has 0 radical (unpaired) electrons. The molecule has 0 N–H and O–H groups in total. The predicted molar refractivity (Wildman–Crippen MR) is 99.7 cm³/mol. The lowest BCUT2D eigenvalue weighted by Crippen LogP contribution is -2.43. The van der Waals surface area contributed by atoms with Crippen molar-refractivity contribution in [3.05, 3.63) is 71.8 Å². The molecular formula is C21H26N2O2. The Balaban J connectivity index is 2.15. The maximum Gasteiger partial charge on any atom is 0.312 e. The van der Waals surface area contributed by atoms with Crippen molar-refractivity contribution >= 4 is 11.8 Å². The zero-order chi connectivity index (χ0) is 18.1. The van der Waals surface area contributed by atoms with Gasteiger partial charge in [-0.15, -0.1) is 0 Å². The van der Waals surface area contributed by atoms with E-state index in [0.717, 1.165) is 24.0 Å². The molecule has 0 unspecified atom stereocenters. The van der Waals surface area contributed by atoms with Gasteiger partial charge in [0.05, 0.1) is 0 Å². The second kappa shape index (κ2) is 9.62. The fourth-order valence-corrected chi connectivity index (χ4v) is 2.60. The molecule has 0 bridgehead atoms. The van der Waals surface area contributed by atoms with Crippen LogP contribution < -0.4 is 0 Å². The molecule has 2 aromatic carbocycles. The van der Waals surface area contributed by atoms with Crippen molar-refractivity contribution in [2.45, 2.75) is 32.9 Å². The molecule has 0 atom stereocenters. The fourth-order valence-electron chi connectivity index (χ4n) is 2.60. The normalized spacial score (nSPS) is 10.3. The number of nitrogens with zero attached hydrogens (tertiary/aromatic N) is 2. The zero-order valence-electron chi connectivity index (χ0n) is 15.0. The van der Waals surface area contributed by atoms with Crippen LogP contribution in [0.3, 0.4) is 0 Å². The second-order valence-electron chi connectivity index (χ2n) is 6.21. The Morgan fingerprint density at radius 1 is 0.800 bits per heavy atom. The molecule has 4 nitrogen and oxygen atoms in total. The van der Waals surface area contributed by atoms with Crippen molar-refractivity contribution in [1.29, 1.82) is 0 Å². The standard InChI is InChI=1S/C21H26N2O2/c1-3-4-15-22(2)20(24)21(25)23(16-18-11-7-5-8-12-18)17-19-13-9-6-10-14-19/h5-14H,3-4,15-17H2,1-2H3. The molecule has 4 heteroatoms. The smallest absolute Gasteiger partial charge is 0.312 e. The number of hydrogen-bond donors (Lipinski definition) is 0. The summed E-state index contributed by atoms with van der Waals surface area (Å²) in [5, 5.41) is 0. The van der Waals surface area contributed by atoms with Gasteiger partial charge in [-0.25, -0.2) is 0 Å². The first-order valence-electron chi connectivity index (χ1n) is 8.74. The first-order chi connectivity index (χ1) is 12.1. The summed E-state index contributed by atoms with van der Waals surface area (Å²) in [6, 6.07) is 19.5. The third-order valence-electron chi connectivity index (χ3n) is 4.10. The first kappa shape index (κ1) is 18.7. The Morgan fingerprint density at radius 3 is 1.72 bits per heavy atom. The summed E-state index contributed by atoms with van der Waals surface area (Å²) in [4.78, 5) is 28.4. The monoisotopic (exact) mass is 338 g/mol. The number of rotatable bonds is 7. The average molecular weight is 338 g/mol. The number of amides is 2. The van der Waals surface area contributed by atoms with Gasteiger partial charge in [-0.05, 0) is 17.5 Å². The first-order valence-corrected chi connectivity index (χ1v) is 8.74. The van der Waals surface area contributed by atoms with Crippen molar-refractivity contribution in [2.75, 3.05) is 13.6 Å². The number of benzene rings is 2. The molecule has 0 aliphatic rings. The molecule has 0 aromatic heterocycles. The van der Waals surface area contributed by atoms with Crippen LogP contribution in [0.5, 0.6) is 0 Å². The minimum atomic E-state index is -0.452. The van der Waals surface area contributed by atoms with Gasteiger partial charge in [-0.3, -0.25) is 9.59 Å². The van der Waals surface area contributed by atoms with E-state index in [4.69, 9.17) is 0 Å². The summed E-state index contributed by atoms with van der Waals surface area (Å²) in [5.41, 5.74) is 2.02. The summed E-state index contributed by atoms with van der Waals surface area (Å²) in [5.74, 6) is -0.897. The Morgan fingerprint density at radius 2 is 1.28 bits per heavy atom. The van der Waals surface area contributed by atoms with Crippen molar-refractivity contribution in [3.8, 4) is 0 Å². The third-order valence-corrected chi connectivity index (χ3v) is 4.10. The quantitative estimate of drug-likeness (QED) is 0.725. The molecule has 0 aliphatic carbocycles. The van der Waals surface area contributed by atoms with Gasteiger partial charge >= 0.3 is 11.8 Å². The van der Waals surface area contributed by atoms with Crippen LogP contribution in [0.4, 0.5) is 0 Å². The minimum Gasteiger partial charge on any atom is -0.338 e. The highest BCUT2D eigenvalue weighted by Gasteiger charge is 2.25. The highest BCUT2D eigenvalue weighted by Crippen LogP contribution is 2.11. The van der Waals surface area contributed by atoms with Gasteiger partial charge in [0, 0.05) is 26.7 Å². The van der Waals surface area contributed by atoms with Gasteiger partial charge in [0.1, 0.15) is 0 Å². The van der Waals surface area contributed by atoms with Crippen LogP contribution in [-0.4, -0.2) is 35.2 Å². The van der Waals surface area contributed by atoms with Crippen molar-refractivity contribution in [2.24, 2.45) is 0 Å². The van der Waals surface area contributed by atoms with E-state index in [-0.39, 0.29) is 0 Å². The summed E-state index contributed by atoms with van der Waals surface area (Å²) >= 11 is 0. The van der Waals surface area contributed by atoms with E-state index >= 15 is 0 Å². The van der Waals surface area contributed by atoms with Gasteiger partial charge in [0.2, 0.25) is 0 Å². The van der Waals surface area contributed by atoms with Crippen LogP contribution in [0.15, 0.2) is 60.7 Å². The largest absolute Gasteiger partial charge is 0.338 e. The van der Waals surface area contributed by atoms with Crippen LogP contribution in [0.1, 0.15) is 30.9 Å². The summed E-state index contributed by atoms with van der Waals surface area (Å²) in [7, 11) is 1.69. The van der Waals surface area contributed by atoms with Crippen molar-refractivity contribution in [3.63, 3.8) is 0 Å². The molecule has 0 fully saturated rings. The average Bonchev–Trinajstić information content (AvgIpc) is 2.66. The fraction of sp³-hybridized carbons (Fsp3) is 0.333. The molecule has 0 saturated heterocycles. The Kier molecular flexibility index (Phi) is 7.20. The minimum absolute atomic E-state index is 0.419. The van der Waals surface area contributed by atoms with Gasteiger partial charge in [-0.2, -0.15) is 0 Å². The molecule has 2 rings (SSSR count). The lowest BCUT2D eigenvalue weighted by atomic mass is 10.1. The van der Waals surface area contributed by atoms with Gasteiger partial charge < -0.3 is 9.80 Å². The number of likely N-dealkylation sites (N-methyl/N-ethyl adjacent to an activating group) is 1. The topological polar surface area (TPSA) is 40.6 Å². The molecule has 2 aromatic rings. The summed E-state index contributed by atoms with van der Waals surface area (Å²) in [6.07, 6.45) is 1.89. The van der Waals surface area contributed by atoms with Gasteiger partial charge in [0.25, 0.3) is 0 Å². The van der Waals surface area contributed by atoms with E-state index in [2.05, 4.69) is 6.92 Å². The lowest BCUT2D eigenvalue weighted by molar-refractivity contribution is -0.151. The van der Waals surface area contributed by atoms with Crippen LogP contribution in [0.25, 0.3) is 0 Å². The Labute approximate surface area is 150 Å². The lowest BCUT2D eigenvalue weighted by Gasteiger charge is -2.25. The molecule has 2 amide bonds. The molecular weight excluding hydrogens is 312 g/mol. The number of carbonyl (C=O) groups excluding carboxylic acids is 2. The molecule has 0 spiro atoms. The van der Waals surface area contributed by atoms with Crippen LogP contribution in [0, 0.1) is 0 Å². The predicted octanol–water partition coefficient (Wildman–Crippen LogP) is 3.47. The van der Waals surface area contributed by atoms with E-state index < -0.39 is 11.8 Å². The number of unbranched alkanes of at least 4 members (excludes halogenated alkanes) is 1. The second-order valence-corrected chi connectivity index (χ2v) is 6.21. The maximum atomic E-state index is 12.8. The van der Waals surface area contributed by atoms with E-state index in [1.807, 2.05) is 60.7 Å². The molecule has 0 saturated carbocycles. The third kappa shape index (κ3) is 5.75. The molecule has 25 heavy (non-hydrogen) atoms. The Hall–Kier alpha value is -2.62. The van der Waals surface area contributed by atoms with Crippen molar-refractivity contribution in [1.82, 2.24) is 9.80 Å². The van der Waals surface area contributed by atoms with Gasteiger partial charge in [-0.1, -0.05) is 74.0 Å². The van der Waals surface area contributed by atoms with Crippen molar-refractivity contribution < 1.29 is 9.59 Å². The zero-order valence-corrected chi connectivity index (χ0v) is 15.0. The summed E-state index contributed by atoms with van der Waals surface area (Å²) in [6.45, 7) is 3.51. The van der Waals surface area contributed by atoms with Crippen LogP contribution in [0.2, 0.25) is 0 Å². The molecule has 132 valence electrons. The highest BCUT2D eigenvalue weighted by atomic mass is 16.2.